The van der Waals surface area contributed by atoms with Gasteiger partial charge in [-0.15, -0.1) is 0 Å². The number of hydrogen-bond donors (Lipinski definition) is 1. The zero-order chi connectivity index (χ0) is 27.9. The summed E-state index contributed by atoms with van der Waals surface area (Å²) in [5.74, 6) is 0.00799. The second-order valence-corrected chi connectivity index (χ2v) is 12.4. The number of nitrogens with zero attached hydrogens (tertiary/aromatic N) is 4. The molecular formula is C29H41N5O5. The van der Waals surface area contributed by atoms with E-state index in [2.05, 4.69) is 22.3 Å². The Hall–Kier alpha value is -3.14. The summed E-state index contributed by atoms with van der Waals surface area (Å²) in [5.41, 5.74) is 2.04. The number of nitrogens with one attached hydrogen (secondary N) is 1. The quantitative estimate of drug-likeness (QED) is 0.566. The average molecular weight is 540 g/mol. The number of aromatic nitrogens is 2. The van der Waals surface area contributed by atoms with Crippen molar-refractivity contribution < 1.29 is 19.1 Å². The van der Waals surface area contributed by atoms with Crippen LogP contribution in [0.3, 0.4) is 0 Å². The van der Waals surface area contributed by atoms with E-state index >= 15 is 0 Å². The van der Waals surface area contributed by atoms with E-state index in [0.717, 1.165) is 62.9 Å². The molecule has 1 aromatic heterocycles. The van der Waals surface area contributed by atoms with Crippen molar-refractivity contribution in [3.63, 3.8) is 0 Å². The van der Waals surface area contributed by atoms with E-state index in [-0.39, 0.29) is 24.1 Å². The number of piperidine rings is 2. The van der Waals surface area contributed by atoms with Gasteiger partial charge in [-0.3, -0.25) is 28.9 Å². The predicted octanol–water partition coefficient (Wildman–Crippen LogP) is 2.97. The van der Waals surface area contributed by atoms with Gasteiger partial charge in [-0.2, -0.15) is 0 Å². The van der Waals surface area contributed by atoms with Crippen molar-refractivity contribution in [1.29, 1.82) is 0 Å². The Bertz CT molecular complexity index is 1310. The van der Waals surface area contributed by atoms with Gasteiger partial charge in [0.25, 0.3) is 0 Å². The molecule has 1 atom stereocenters. The Morgan fingerprint density at radius 1 is 1.05 bits per heavy atom. The first kappa shape index (κ1) is 27.4. The number of ether oxygens (including phenoxy) is 1. The van der Waals surface area contributed by atoms with Crippen LogP contribution in [0.15, 0.2) is 23.0 Å². The largest absolute Gasteiger partial charge is 0.444 e. The molecule has 0 saturated carbocycles. The first-order chi connectivity index (χ1) is 18.5. The van der Waals surface area contributed by atoms with Crippen molar-refractivity contribution in [2.75, 3.05) is 26.2 Å². The Morgan fingerprint density at radius 2 is 1.77 bits per heavy atom. The molecule has 212 valence electrons. The second kappa shape index (κ2) is 10.8. The minimum atomic E-state index is -0.657. The molecule has 1 N–H and O–H groups in total. The topological polar surface area (TPSA) is 106 Å². The summed E-state index contributed by atoms with van der Waals surface area (Å²) in [7, 11) is 1.73. The van der Waals surface area contributed by atoms with Gasteiger partial charge in [-0.05, 0) is 82.9 Å². The molecule has 3 aliphatic heterocycles. The summed E-state index contributed by atoms with van der Waals surface area (Å²) < 4.78 is 8.64. The average Bonchev–Trinajstić information content (AvgIpc) is 3.09. The van der Waals surface area contributed by atoms with E-state index < -0.39 is 17.6 Å². The molecule has 0 radical (unpaired) electrons. The number of imidazole rings is 1. The van der Waals surface area contributed by atoms with Crippen LogP contribution in [-0.2, 0) is 27.8 Å². The van der Waals surface area contributed by atoms with Crippen LogP contribution in [0.4, 0.5) is 4.79 Å². The Morgan fingerprint density at radius 3 is 2.44 bits per heavy atom. The van der Waals surface area contributed by atoms with Gasteiger partial charge < -0.3 is 9.64 Å². The van der Waals surface area contributed by atoms with E-state index in [9.17, 15) is 19.2 Å². The molecule has 3 amide bonds. The second-order valence-electron chi connectivity index (χ2n) is 12.4. The highest BCUT2D eigenvalue weighted by atomic mass is 16.6. The van der Waals surface area contributed by atoms with Crippen LogP contribution in [-0.4, -0.2) is 74.7 Å². The van der Waals surface area contributed by atoms with Gasteiger partial charge >= 0.3 is 11.8 Å². The molecule has 0 bridgehead atoms. The first-order valence-corrected chi connectivity index (χ1v) is 14.3. The van der Waals surface area contributed by atoms with E-state index in [1.54, 1.807) is 11.6 Å². The summed E-state index contributed by atoms with van der Waals surface area (Å²) in [5, 5.41) is 2.36. The fourth-order valence-electron chi connectivity index (χ4n) is 6.22. The van der Waals surface area contributed by atoms with Crippen LogP contribution in [0.25, 0.3) is 11.0 Å². The summed E-state index contributed by atoms with van der Waals surface area (Å²) in [4.78, 5) is 53.6. The maximum Gasteiger partial charge on any atom is 0.410 e. The number of hydrogen-bond acceptors (Lipinski definition) is 6. The molecule has 1 aromatic carbocycles. The lowest BCUT2D eigenvalue weighted by Crippen LogP contribution is -2.55. The maximum atomic E-state index is 13.0. The number of carbonyl (C=O) groups is 3. The third kappa shape index (κ3) is 5.90. The molecule has 0 spiro atoms. The van der Waals surface area contributed by atoms with Crippen LogP contribution < -0.4 is 11.0 Å². The number of amides is 3. The molecule has 10 heteroatoms. The Balaban J connectivity index is 1.09. The molecule has 39 heavy (non-hydrogen) atoms. The molecule has 10 nitrogen and oxygen atoms in total. The molecule has 5 rings (SSSR count). The first-order valence-electron chi connectivity index (χ1n) is 14.3. The van der Waals surface area contributed by atoms with Gasteiger partial charge in [0.05, 0.1) is 11.0 Å². The SMILES string of the molecule is Cn1c(=O)n(C2CCC(=O)NC2=O)c2ccc(CCCC3CN(C4CCN(C(=O)OC(C)(C)C)CC4)C3)cc21. The van der Waals surface area contributed by atoms with E-state index in [1.807, 2.05) is 31.7 Å². The molecule has 3 fully saturated rings. The van der Waals surface area contributed by atoms with Gasteiger partial charge in [-0.1, -0.05) is 6.07 Å². The number of likely N-dealkylation sites (tertiary alicyclic amines) is 2. The molecule has 1 unspecified atom stereocenters. The maximum absolute atomic E-state index is 13.0. The number of carbonyl (C=O) groups excluding carboxylic acids is 3. The molecular weight excluding hydrogens is 498 g/mol. The highest BCUT2D eigenvalue weighted by Gasteiger charge is 2.35. The fraction of sp³-hybridized carbons (Fsp3) is 0.655. The number of imide groups is 1. The Kier molecular flexibility index (Phi) is 7.59. The van der Waals surface area contributed by atoms with Gasteiger partial charge in [0.15, 0.2) is 0 Å². The summed E-state index contributed by atoms with van der Waals surface area (Å²) in [6.45, 7) is 9.48. The van der Waals surface area contributed by atoms with Crippen LogP contribution in [0.1, 0.15) is 70.9 Å². The Labute approximate surface area is 229 Å². The third-order valence-corrected chi connectivity index (χ3v) is 8.37. The number of aryl methyl sites for hydroxylation is 2. The van der Waals surface area contributed by atoms with Crippen molar-refractivity contribution in [2.24, 2.45) is 13.0 Å². The van der Waals surface area contributed by atoms with Crippen molar-refractivity contribution >= 4 is 28.9 Å². The van der Waals surface area contributed by atoms with E-state index in [0.29, 0.717) is 18.4 Å². The van der Waals surface area contributed by atoms with Gasteiger partial charge in [-0.25, -0.2) is 9.59 Å². The minimum Gasteiger partial charge on any atom is -0.444 e. The highest BCUT2D eigenvalue weighted by Crippen LogP contribution is 2.29. The minimum absolute atomic E-state index is 0.201. The van der Waals surface area contributed by atoms with Crippen LogP contribution in [0.5, 0.6) is 0 Å². The van der Waals surface area contributed by atoms with E-state index in [4.69, 9.17) is 4.74 Å². The van der Waals surface area contributed by atoms with Crippen molar-refractivity contribution in [3.05, 3.63) is 34.2 Å². The molecule has 3 aliphatic rings. The number of benzene rings is 1. The molecule has 2 aromatic rings. The van der Waals surface area contributed by atoms with Crippen molar-refractivity contribution in [3.8, 4) is 0 Å². The summed E-state index contributed by atoms with van der Waals surface area (Å²) >= 11 is 0. The summed E-state index contributed by atoms with van der Waals surface area (Å²) in [6, 6.07) is 5.94. The third-order valence-electron chi connectivity index (χ3n) is 8.37. The van der Waals surface area contributed by atoms with Crippen LogP contribution >= 0.6 is 0 Å². The number of rotatable bonds is 6. The normalized spacial score (nSPS) is 21.7. The molecule has 3 saturated heterocycles. The zero-order valence-corrected chi connectivity index (χ0v) is 23.6. The monoisotopic (exact) mass is 539 g/mol. The van der Waals surface area contributed by atoms with Crippen LogP contribution in [0.2, 0.25) is 0 Å². The van der Waals surface area contributed by atoms with Crippen LogP contribution in [0, 0.1) is 5.92 Å². The summed E-state index contributed by atoms with van der Waals surface area (Å²) in [6.07, 6.45) is 5.58. The lowest BCUT2D eigenvalue weighted by atomic mass is 9.89. The lowest BCUT2D eigenvalue weighted by Gasteiger charge is -2.47. The molecule has 4 heterocycles. The highest BCUT2D eigenvalue weighted by molar-refractivity contribution is 6.00. The zero-order valence-electron chi connectivity index (χ0n) is 23.6. The fourth-order valence-corrected chi connectivity index (χ4v) is 6.22. The standard InChI is InChI=1S/C29H41N5O5/c1-29(2,3)39-28(38)32-14-12-21(13-15-32)33-17-20(18-33)7-5-6-19-8-9-22-24(16-19)31(4)27(37)34(22)23-10-11-25(35)30-26(23)36/h8-9,16,20-21,23H,5-7,10-15,17-18H2,1-4H3,(H,30,35,36). The van der Waals surface area contributed by atoms with E-state index in [1.165, 1.54) is 16.6 Å². The number of fused-ring (bicyclic) bond motifs is 1. The van der Waals surface area contributed by atoms with Gasteiger partial charge in [0, 0.05) is 45.7 Å². The van der Waals surface area contributed by atoms with Gasteiger partial charge in [0.2, 0.25) is 11.8 Å². The molecule has 0 aliphatic carbocycles. The van der Waals surface area contributed by atoms with Gasteiger partial charge in [0.1, 0.15) is 11.6 Å². The smallest absolute Gasteiger partial charge is 0.410 e. The lowest BCUT2D eigenvalue weighted by molar-refractivity contribution is -0.135. The predicted molar refractivity (Wildman–Crippen MR) is 147 cm³/mol. The van der Waals surface area contributed by atoms with Crippen molar-refractivity contribution in [2.45, 2.75) is 83.4 Å². The van der Waals surface area contributed by atoms with Crippen molar-refractivity contribution in [1.82, 2.24) is 24.3 Å².